The fourth-order valence-corrected chi connectivity index (χ4v) is 3.08. The largest absolute Gasteiger partial charge is 0.480 e. The first kappa shape index (κ1) is 29.0. The number of hydrogen-bond donors (Lipinski definition) is 8. The first-order valence-electron chi connectivity index (χ1n) is 11.0. The molecule has 0 aromatic heterocycles. The lowest BCUT2D eigenvalue weighted by atomic mass is 10.0. The van der Waals surface area contributed by atoms with E-state index in [2.05, 4.69) is 16.0 Å². The van der Waals surface area contributed by atoms with Crippen LogP contribution in [0.15, 0.2) is 30.3 Å². The summed E-state index contributed by atoms with van der Waals surface area (Å²) in [6.45, 7) is 0.904. The maximum atomic E-state index is 12.9. The smallest absolute Gasteiger partial charge is 0.328 e. The molecule has 12 nitrogen and oxygen atoms in total. The molecule has 0 saturated carbocycles. The van der Waals surface area contributed by atoms with E-state index < -0.39 is 60.6 Å². The molecule has 0 aliphatic carbocycles. The molecular weight excluding hydrogens is 446 g/mol. The third kappa shape index (κ3) is 9.83. The van der Waals surface area contributed by atoms with Crippen LogP contribution >= 0.6 is 0 Å². The van der Waals surface area contributed by atoms with E-state index in [1.54, 1.807) is 30.3 Å². The second-order valence-corrected chi connectivity index (χ2v) is 7.95. The minimum Gasteiger partial charge on any atom is -0.480 e. The minimum atomic E-state index is -1.57. The number of carboxylic acid groups (broad SMARTS) is 1. The van der Waals surface area contributed by atoms with Crippen molar-refractivity contribution in [1.82, 2.24) is 16.0 Å². The van der Waals surface area contributed by atoms with Gasteiger partial charge in [0, 0.05) is 6.42 Å². The van der Waals surface area contributed by atoms with Gasteiger partial charge in [0.15, 0.2) is 0 Å². The number of carbonyl (C=O) groups excluding carboxylic acids is 3. The van der Waals surface area contributed by atoms with Crippen molar-refractivity contribution in [3.05, 3.63) is 35.9 Å². The number of benzene rings is 1. The Hall–Kier alpha value is -3.06. The Bertz CT molecular complexity index is 806. The number of aliphatic hydroxyl groups is 2. The van der Waals surface area contributed by atoms with Crippen molar-refractivity contribution in [1.29, 1.82) is 0 Å². The number of aliphatic carboxylic acids is 1. The Morgan fingerprint density at radius 2 is 1.56 bits per heavy atom. The predicted molar refractivity (Wildman–Crippen MR) is 123 cm³/mol. The summed E-state index contributed by atoms with van der Waals surface area (Å²) in [4.78, 5) is 49.2. The maximum absolute atomic E-state index is 12.9. The fourth-order valence-electron chi connectivity index (χ4n) is 3.08. The lowest BCUT2D eigenvalue weighted by molar-refractivity contribution is -0.143. The summed E-state index contributed by atoms with van der Waals surface area (Å²) < 4.78 is 0. The molecule has 1 aromatic carbocycles. The number of nitrogens with two attached hydrogens (primary N) is 2. The summed E-state index contributed by atoms with van der Waals surface area (Å²) in [5.41, 5.74) is 11.9. The summed E-state index contributed by atoms with van der Waals surface area (Å²) in [6.07, 6.45) is 0.321. The van der Waals surface area contributed by atoms with Crippen LogP contribution in [0.5, 0.6) is 0 Å². The van der Waals surface area contributed by atoms with Gasteiger partial charge in [-0.3, -0.25) is 14.4 Å². The first-order valence-corrected chi connectivity index (χ1v) is 11.0. The number of amides is 3. The van der Waals surface area contributed by atoms with Crippen molar-refractivity contribution in [3.8, 4) is 0 Å². The Labute approximate surface area is 198 Å². The van der Waals surface area contributed by atoms with E-state index in [4.69, 9.17) is 16.6 Å². The lowest BCUT2D eigenvalue weighted by Gasteiger charge is -2.26. The highest BCUT2D eigenvalue weighted by Gasteiger charge is 2.32. The van der Waals surface area contributed by atoms with Gasteiger partial charge in [-0.1, -0.05) is 36.8 Å². The van der Waals surface area contributed by atoms with E-state index in [0.717, 1.165) is 0 Å². The van der Waals surface area contributed by atoms with Crippen LogP contribution in [-0.2, 0) is 25.6 Å². The average molecular weight is 482 g/mol. The molecule has 0 heterocycles. The minimum absolute atomic E-state index is 0.00470. The van der Waals surface area contributed by atoms with Crippen molar-refractivity contribution in [2.45, 2.75) is 62.9 Å². The zero-order valence-electron chi connectivity index (χ0n) is 19.1. The molecule has 5 atom stereocenters. The SMILES string of the molecule is CC(O)C(NC(=O)C(N)CCCCN)C(=O)NC(Cc1ccccc1)C(=O)NC(CO)C(=O)O. The van der Waals surface area contributed by atoms with Gasteiger partial charge in [-0.25, -0.2) is 4.79 Å². The van der Waals surface area contributed by atoms with E-state index >= 15 is 0 Å². The highest BCUT2D eigenvalue weighted by molar-refractivity contribution is 5.94. The zero-order valence-corrected chi connectivity index (χ0v) is 19.1. The predicted octanol–water partition coefficient (Wildman–Crippen LogP) is -2.40. The number of aliphatic hydroxyl groups excluding tert-OH is 2. The van der Waals surface area contributed by atoms with Crippen LogP contribution in [0.2, 0.25) is 0 Å². The molecule has 3 amide bonds. The maximum Gasteiger partial charge on any atom is 0.328 e. The molecule has 5 unspecified atom stereocenters. The highest BCUT2D eigenvalue weighted by Crippen LogP contribution is 2.06. The quantitative estimate of drug-likeness (QED) is 0.125. The van der Waals surface area contributed by atoms with Gasteiger partial charge in [0.05, 0.1) is 18.8 Å². The van der Waals surface area contributed by atoms with Gasteiger partial charge in [-0.15, -0.1) is 0 Å². The molecule has 0 radical (unpaired) electrons. The number of unbranched alkanes of at least 4 members (excludes halogenated alkanes) is 1. The number of hydrogen-bond acceptors (Lipinski definition) is 8. The van der Waals surface area contributed by atoms with E-state index in [1.165, 1.54) is 6.92 Å². The molecule has 0 aliphatic heterocycles. The second-order valence-electron chi connectivity index (χ2n) is 7.95. The van der Waals surface area contributed by atoms with Crippen molar-refractivity contribution in [3.63, 3.8) is 0 Å². The fraction of sp³-hybridized carbons (Fsp3) is 0.545. The third-order valence-electron chi connectivity index (χ3n) is 5.08. The van der Waals surface area contributed by atoms with Crippen LogP contribution in [0.3, 0.4) is 0 Å². The van der Waals surface area contributed by atoms with Crippen LogP contribution in [-0.4, -0.2) is 82.4 Å². The van der Waals surface area contributed by atoms with Crippen molar-refractivity contribution >= 4 is 23.7 Å². The summed E-state index contributed by atoms with van der Waals surface area (Å²) in [5.74, 6) is -3.80. The summed E-state index contributed by atoms with van der Waals surface area (Å²) in [7, 11) is 0. The van der Waals surface area contributed by atoms with Crippen molar-refractivity contribution < 1.29 is 34.5 Å². The molecule has 10 N–H and O–H groups in total. The topological polar surface area (TPSA) is 217 Å². The van der Waals surface area contributed by atoms with Gasteiger partial charge < -0.3 is 42.7 Å². The number of nitrogens with one attached hydrogen (secondary N) is 3. The van der Waals surface area contributed by atoms with Gasteiger partial charge in [-0.05, 0) is 31.9 Å². The Kier molecular flexibility index (Phi) is 12.7. The van der Waals surface area contributed by atoms with Gasteiger partial charge in [0.25, 0.3) is 0 Å². The van der Waals surface area contributed by atoms with Crippen LogP contribution in [0.1, 0.15) is 31.7 Å². The molecule has 1 rings (SSSR count). The molecule has 0 aliphatic rings. The van der Waals surface area contributed by atoms with E-state index in [0.29, 0.717) is 31.4 Å². The molecule has 12 heteroatoms. The Morgan fingerprint density at radius 1 is 0.941 bits per heavy atom. The summed E-state index contributed by atoms with van der Waals surface area (Å²) in [5, 5.41) is 35.4. The van der Waals surface area contributed by atoms with Crippen LogP contribution in [0, 0.1) is 0 Å². The molecule has 0 saturated heterocycles. The van der Waals surface area contributed by atoms with Crippen LogP contribution < -0.4 is 27.4 Å². The first-order chi connectivity index (χ1) is 16.1. The second kappa shape index (κ2) is 15.0. The zero-order chi connectivity index (χ0) is 25.7. The van der Waals surface area contributed by atoms with Crippen LogP contribution in [0.25, 0.3) is 0 Å². The van der Waals surface area contributed by atoms with Gasteiger partial charge in [0.2, 0.25) is 17.7 Å². The Morgan fingerprint density at radius 3 is 2.09 bits per heavy atom. The molecule has 190 valence electrons. The molecule has 0 bridgehead atoms. The molecule has 34 heavy (non-hydrogen) atoms. The molecule has 0 fully saturated rings. The molecule has 0 spiro atoms. The van der Waals surface area contributed by atoms with E-state index in [1.807, 2.05) is 0 Å². The number of carbonyl (C=O) groups is 4. The molecule has 1 aromatic rings. The average Bonchev–Trinajstić information content (AvgIpc) is 2.80. The summed E-state index contributed by atoms with van der Waals surface area (Å²) in [6, 6.07) is 3.50. The molecular formula is C22H35N5O7. The van der Waals surface area contributed by atoms with Gasteiger partial charge in [-0.2, -0.15) is 0 Å². The monoisotopic (exact) mass is 481 g/mol. The van der Waals surface area contributed by atoms with Crippen molar-refractivity contribution in [2.75, 3.05) is 13.2 Å². The van der Waals surface area contributed by atoms with Gasteiger partial charge in [0.1, 0.15) is 18.1 Å². The Balaban J connectivity index is 2.98. The highest BCUT2D eigenvalue weighted by atomic mass is 16.4. The van der Waals surface area contributed by atoms with E-state index in [9.17, 15) is 29.4 Å². The van der Waals surface area contributed by atoms with Crippen molar-refractivity contribution in [2.24, 2.45) is 11.5 Å². The standard InChI is InChI=1S/C22H35N5O7/c1-13(29)18(27-19(30)15(24)9-5-6-10-23)21(32)25-16(11-14-7-3-2-4-8-14)20(31)26-17(12-28)22(33)34/h2-4,7-8,13,15-18,28-29H,5-6,9-12,23-24H2,1H3,(H,25,32)(H,26,31)(H,27,30)(H,33,34). The normalized spacial score (nSPS) is 15.3. The van der Waals surface area contributed by atoms with E-state index in [-0.39, 0.29) is 6.42 Å². The third-order valence-corrected chi connectivity index (χ3v) is 5.08. The lowest BCUT2D eigenvalue weighted by Crippen LogP contribution is -2.60. The number of rotatable bonds is 15. The number of carboxylic acids is 1. The van der Waals surface area contributed by atoms with Crippen LogP contribution in [0.4, 0.5) is 0 Å². The van der Waals surface area contributed by atoms with Gasteiger partial charge >= 0.3 is 5.97 Å². The summed E-state index contributed by atoms with van der Waals surface area (Å²) >= 11 is 0.